The number of Topliss-reactive ketones (excluding diaryl/α,β-unsaturated/α-hetero) is 1. The van der Waals surface area contributed by atoms with Crippen LogP contribution in [0.3, 0.4) is 0 Å². The molecule has 2 aromatic carbocycles. The van der Waals surface area contributed by atoms with Gasteiger partial charge in [0.2, 0.25) is 5.91 Å². The molecule has 6 nitrogen and oxygen atoms in total. The van der Waals surface area contributed by atoms with Crippen molar-refractivity contribution in [1.82, 2.24) is 5.32 Å². The summed E-state index contributed by atoms with van der Waals surface area (Å²) in [6, 6.07) is 12.4. The van der Waals surface area contributed by atoms with Gasteiger partial charge in [-0.25, -0.2) is 0 Å². The molecule has 2 rings (SSSR count). The monoisotopic (exact) mass is 371 g/mol. The number of hydrogen-bond acceptors (Lipinski definition) is 5. The highest BCUT2D eigenvalue weighted by molar-refractivity contribution is 5.98. The zero-order chi connectivity index (χ0) is 19.6. The van der Waals surface area contributed by atoms with E-state index in [2.05, 4.69) is 5.32 Å². The lowest BCUT2D eigenvalue weighted by molar-refractivity contribution is -0.121. The fourth-order valence-electron chi connectivity index (χ4n) is 2.65. The molecule has 0 saturated carbocycles. The molecule has 1 amide bonds. The van der Waals surface area contributed by atoms with Crippen LogP contribution in [0.5, 0.6) is 17.2 Å². The average Bonchev–Trinajstić information content (AvgIpc) is 2.70. The van der Waals surface area contributed by atoms with Gasteiger partial charge in [-0.1, -0.05) is 12.1 Å². The van der Waals surface area contributed by atoms with Gasteiger partial charge in [-0.2, -0.15) is 0 Å². The van der Waals surface area contributed by atoms with Crippen molar-refractivity contribution in [3.8, 4) is 17.2 Å². The quantitative estimate of drug-likeness (QED) is 0.648. The predicted octanol–water partition coefficient (Wildman–Crippen LogP) is 3.38. The van der Waals surface area contributed by atoms with Crippen molar-refractivity contribution in [3.63, 3.8) is 0 Å². The Kier molecular flexibility index (Phi) is 7.67. The average molecular weight is 371 g/mol. The molecule has 0 atom stereocenters. The molecule has 1 N–H and O–H groups in total. The van der Waals surface area contributed by atoms with E-state index in [-0.39, 0.29) is 24.5 Å². The minimum Gasteiger partial charge on any atom is -0.494 e. The van der Waals surface area contributed by atoms with E-state index in [4.69, 9.17) is 14.2 Å². The number of rotatable bonds is 10. The number of hydrogen-bond donors (Lipinski definition) is 1. The van der Waals surface area contributed by atoms with E-state index >= 15 is 0 Å². The van der Waals surface area contributed by atoms with Crippen LogP contribution in [0.2, 0.25) is 0 Å². The maximum Gasteiger partial charge on any atom is 0.220 e. The summed E-state index contributed by atoms with van der Waals surface area (Å²) in [5.74, 6) is 1.64. The highest BCUT2D eigenvalue weighted by Gasteiger charge is 2.12. The van der Waals surface area contributed by atoms with Crippen LogP contribution < -0.4 is 19.5 Å². The summed E-state index contributed by atoms with van der Waals surface area (Å²) >= 11 is 0. The van der Waals surface area contributed by atoms with Gasteiger partial charge in [0.15, 0.2) is 17.3 Å². The van der Waals surface area contributed by atoms with Gasteiger partial charge in [0.1, 0.15) is 5.75 Å². The number of amides is 1. The summed E-state index contributed by atoms with van der Waals surface area (Å²) in [4.78, 5) is 24.3. The Balaban J connectivity index is 1.85. The topological polar surface area (TPSA) is 73.9 Å². The van der Waals surface area contributed by atoms with E-state index in [9.17, 15) is 9.59 Å². The zero-order valence-corrected chi connectivity index (χ0v) is 15.9. The molecule has 6 heteroatoms. The molecular weight excluding hydrogens is 346 g/mol. The third-order valence-corrected chi connectivity index (χ3v) is 4.03. The van der Waals surface area contributed by atoms with Crippen LogP contribution in [-0.4, -0.2) is 32.5 Å². The van der Waals surface area contributed by atoms with Gasteiger partial charge in [0, 0.05) is 30.5 Å². The first-order valence-corrected chi connectivity index (χ1v) is 8.81. The van der Waals surface area contributed by atoms with E-state index in [0.717, 1.165) is 11.3 Å². The van der Waals surface area contributed by atoms with Crippen LogP contribution >= 0.6 is 0 Å². The molecule has 0 spiro atoms. The Labute approximate surface area is 159 Å². The van der Waals surface area contributed by atoms with Gasteiger partial charge in [-0.05, 0) is 37.3 Å². The van der Waals surface area contributed by atoms with Crippen LogP contribution in [0.1, 0.15) is 35.7 Å². The van der Waals surface area contributed by atoms with Crippen molar-refractivity contribution in [2.75, 3.05) is 20.8 Å². The summed E-state index contributed by atoms with van der Waals surface area (Å²) in [6.45, 7) is 2.78. The number of carbonyl (C=O) groups is 2. The van der Waals surface area contributed by atoms with E-state index in [0.29, 0.717) is 30.2 Å². The minimum atomic E-state index is -0.195. The molecule has 144 valence electrons. The van der Waals surface area contributed by atoms with Crippen LogP contribution in [0.15, 0.2) is 42.5 Å². The summed E-state index contributed by atoms with van der Waals surface area (Å²) in [7, 11) is 3.12. The van der Waals surface area contributed by atoms with Crippen LogP contribution in [0.4, 0.5) is 0 Å². The van der Waals surface area contributed by atoms with Crippen LogP contribution in [-0.2, 0) is 11.3 Å². The normalized spacial score (nSPS) is 10.2. The number of ketones is 1. The van der Waals surface area contributed by atoms with Crippen LogP contribution in [0, 0.1) is 0 Å². The molecule has 0 aromatic heterocycles. The molecule has 0 heterocycles. The lowest BCUT2D eigenvalue weighted by Crippen LogP contribution is -2.23. The van der Waals surface area contributed by atoms with Gasteiger partial charge in [0.25, 0.3) is 0 Å². The van der Waals surface area contributed by atoms with Gasteiger partial charge in [0.05, 0.1) is 20.8 Å². The SMILES string of the molecule is CCOc1ccc(C(=O)CCC(=O)NCc2cccc(OC)c2OC)cc1. The molecule has 0 aliphatic heterocycles. The third kappa shape index (κ3) is 5.74. The predicted molar refractivity (Wildman–Crippen MR) is 103 cm³/mol. The van der Waals surface area contributed by atoms with Crippen molar-refractivity contribution in [3.05, 3.63) is 53.6 Å². The van der Waals surface area contributed by atoms with E-state index in [1.54, 1.807) is 44.6 Å². The Morgan fingerprint density at radius 2 is 1.70 bits per heavy atom. The van der Waals surface area contributed by atoms with Gasteiger partial charge in [-0.15, -0.1) is 0 Å². The summed E-state index contributed by atoms with van der Waals surface area (Å²) < 4.78 is 15.9. The first-order chi connectivity index (χ1) is 13.1. The fourth-order valence-corrected chi connectivity index (χ4v) is 2.65. The third-order valence-electron chi connectivity index (χ3n) is 4.03. The molecule has 0 bridgehead atoms. The molecule has 27 heavy (non-hydrogen) atoms. The number of carbonyl (C=O) groups excluding carboxylic acids is 2. The second-order valence-electron chi connectivity index (χ2n) is 5.81. The number of para-hydroxylation sites is 1. The second kappa shape index (κ2) is 10.2. The molecule has 2 aromatic rings. The minimum absolute atomic E-state index is 0.0767. The maximum atomic E-state index is 12.2. The number of benzene rings is 2. The molecule has 0 unspecified atom stereocenters. The highest BCUT2D eigenvalue weighted by atomic mass is 16.5. The Morgan fingerprint density at radius 1 is 0.963 bits per heavy atom. The van der Waals surface area contributed by atoms with E-state index in [1.165, 1.54) is 0 Å². The van der Waals surface area contributed by atoms with E-state index < -0.39 is 0 Å². The van der Waals surface area contributed by atoms with E-state index in [1.807, 2.05) is 19.1 Å². The van der Waals surface area contributed by atoms with Crippen molar-refractivity contribution < 1.29 is 23.8 Å². The molecule has 0 saturated heterocycles. The number of nitrogens with one attached hydrogen (secondary N) is 1. The molecule has 0 aliphatic carbocycles. The van der Waals surface area contributed by atoms with Crippen molar-refractivity contribution in [2.45, 2.75) is 26.3 Å². The maximum absolute atomic E-state index is 12.2. The van der Waals surface area contributed by atoms with Crippen molar-refractivity contribution >= 4 is 11.7 Å². The highest BCUT2D eigenvalue weighted by Crippen LogP contribution is 2.30. The lowest BCUT2D eigenvalue weighted by Gasteiger charge is -2.13. The number of ether oxygens (including phenoxy) is 3. The largest absolute Gasteiger partial charge is 0.494 e. The van der Waals surface area contributed by atoms with Crippen molar-refractivity contribution in [1.29, 1.82) is 0 Å². The Bertz CT molecular complexity index is 771. The molecular formula is C21H25NO5. The molecule has 0 fully saturated rings. The standard InChI is InChI=1S/C21H25NO5/c1-4-27-17-10-8-15(9-11-17)18(23)12-13-20(24)22-14-16-6-5-7-19(25-2)21(16)26-3/h5-11H,4,12-14H2,1-3H3,(H,22,24). The molecule has 0 aliphatic rings. The lowest BCUT2D eigenvalue weighted by atomic mass is 10.1. The summed E-state index contributed by atoms with van der Waals surface area (Å²) in [5.41, 5.74) is 1.38. The second-order valence-corrected chi connectivity index (χ2v) is 5.81. The fraction of sp³-hybridized carbons (Fsp3) is 0.333. The zero-order valence-electron chi connectivity index (χ0n) is 15.9. The molecule has 0 radical (unpaired) electrons. The Morgan fingerprint density at radius 3 is 2.33 bits per heavy atom. The Hall–Kier alpha value is -3.02. The van der Waals surface area contributed by atoms with Crippen molar-refractivity contribution in [2.24, 2.45) is 0 Å². The first-order valence-electron chi connectivity index (χ1n) is 8.81. The summed E-state index contributed by atoms with van der Waals surface area (Å²) in [5, 5.41) is 2.81. The van der Waals surface area contributed by atoms with Gasteiger partial charge in [-0.3, -0.25) is 9.59 Å². The summed E-state index contributed by atoms with van der Waals surface area (Å²) in [6.07, 6.45) is 0.271. The number of methoxy groups -OCH3 is 2. The van der Waals surface area contributed by atoms with Gasteiger partial charge < -0.3 is 19.5 Å². The van der Waals surface area contributed by atoms with Gasteiger partial charge >= 0.3 is 0 Å². The first kappa shape index (κ1) is 20.3. The smallest absolute Gasteiger partial charge is 0.220 e. The van der Waals surface area contributed by atoms with Crippen LogP contribution in [0.25, 0.3) is 0 Å².